The van der Waals surface area contributed by atoms with E-state index in [9.17, 15) is 0 Å². The minimum Gasteiger partial charge on any atom is -0.423 e. The summed E-state index contributed by atoms with van der Waals surface area (Å²) >= 11 is 0. The molecule has 0 aliphatic heterocycles. The summed E-state index contributed by atoms with van der Waals surface area (Å²) in [6.07, 6.45) is 0. The average molecular weight is 223 g/mol. The molecule has 0 saturated carbocycles. The minimum atomic E-state index is -0.491. The summed E-state index contributed by atoms with van der Waals surface area (Å²) in [5.41, 5.74) is 7.38. The summed E-state index contributed by atoms with van der Waals surface area (Å²) in [5.74, 6) is 0. The SMILES string of the molecule is Nc1cccc2oc(NC(CO)CO)nc12. The van der Waals surface area contributed by atoms with Crippen molar-refractivity contribution >= 4 is 22.8 Å². The van der Waals surface area contributed by atoms with Crippen LogP contribution in [-0.4, -0.2) is 34.5 Å². The number of anilines is 2. The van der Waals surface area contributed by atoms with Crippen LogP contribution in [0.5, 0.6) is 0 Å². The molecule has 1 aromatic carbocycles. The maximum atomic E-state index is 8.90. The summed E-state index contributed by atoms with van der Waals surface area (Å²) in [4.78, 5) is 4.12. The van der Waals surface area contributed by atoms with Crippen LogP contribution in [0.15, 0.2) is 22.6 Å². The molecule has 0 unspecified atom stereocenters. The van der Waals surface area contributed by atoms with E-state index in [0.717, 1.165) is 0 Å². The van der Waals surface area contributed by atoms with Crippen molar-refractivity contribution < 1.29 is 14.6 Å². The van der Waals surface area contributed by atoms with Gasteiger partial charge in [0.15, 0.2) is 5.58 Å². The first-order valence-corrected chi connectivity index (χ1v) is 4.88. The van der Waals surface area contributed by atoms with E-state index >= 15 is 0 Å². The highest BCUT2D eigenvalue weighted by Crippen LogP contribution is 2.23. The Morgan fingerprint density at radius 2 is 2.12 bits per heavy atom. The molecule has 16 heavy (non-hydrogen) atoms. The van der Waals surface area contributed by atoms with Crippen LogP contribution < -0.4 is 11.1 Å². The average Bonchev–Trinajstić information content (AvgIpc) is 2.70. The molecule has 0 saturated heterocycles. The highest BCUT2D eigenvalue weighted by molar-refractivity contribution is 5.86. The molecule has 1 aromatic heterocycles. The van der Waals surface area contributed by atoms with Crippen molar-refractivity contribution in [2.24, 2.45) is 0 Å². The van der Waals surface area contributed by atoms with Crippen molar-refractivity contribution in [2.75, 3.05) is 24.3 Å². The van der Waals surface area contributed by atoms with Crippen LogP contribution in [0.4, 0.5) is 11.7 Å². The number of aliphatic hydroxyl groups is 2. The van der Waals surface area contributed by atoms with E-state index in [-0.39, 0.29) is 19.2 Å². The van der Waals surface area contributed by atoms with Crippen LogP contribution in [0.1, 0.15) is 0 Å². The third-order valence-electron chi connectivity index (χ3n) is 2.22. The number of nitrogens with two attached hydrogens (primary N) is 1. The molecule has 0 atom stereocenters. The Hall–Kier alpha value is -1.79. The molecule has 6 heteroatoms. The Morgan fingerprint density at radius 3 is 2.75 bits per heavy atom. The second-order valence-electron chi connectivity index (χ2n) is 3.42. The molecule has 2 aromatic rings. The number of aromatic nitrogens is 1. The summed E-state index contributed by atoms with van der Waals surface area (Å²) in [5, 5.41) is 20.6. The van der Waals surface area contributed by atoms with Gasteiger partial charge in [0.2, 0.25) is 0 Å². The molecule has 6 nitrogen and oxygen atoms in total. The van der Waals surface area contributed by atoms with E-state index in [2.05, 4.69) is 10.3 Å². The fourth-order valence-corrected chi connectivity index (χ4v) is 1.36. The molecule has 0 fully saturated rings. The number of hydrogen-bond donors (Lipinski definition) is 4. The smallest absolute Gasteiger partial charge is 0.296 e. The number of fused-ring (bicyclic) bond motifs is 1. The lowest BCUT2D eigenvalue weighted by atomic mass is 10.3. The number of nitrogen functional groups attached to an aromatic ring is 1. The van der Waals surface area contributed by atoms with Crippen molar-refractivity contribution in [3.63, 3.8) is 0 Å². The lowest BCUT2D eigenvalue weighted by molar-refractivity contribution is 0.202. The molecule has 2 rings (SSSR count). The van der Waals surface area contributed by atoms with E-state index in [4.69, 9.17) is 20.4 Å². The van der Waals surface area contributed by atoms with Gasteiger partial charge < -0.3 is 25.7 Å². The zero-order chi connectivity index (χ0) is 11.5. The molecule has 0 spiro atoms. The molecule has 0 aliphatic rings. The van der Waals surface area contributed by atoms with Gasteiger partial charge in [0.25, 0.3) is 6.01 Å². The number of rotatable bonds is 4. The fraction of sp³-hybridized carbons (Fsp3) is 0.300. The van der Waals surface area contributed by atoms with Crippen LogP contribution in [0, 0.1) is 0 Å². The topological polar surface area (TPSA) is 105 Å². The van der Waals surface area contributed by atoms with E-state index in [1.54, 1.807) is 18.2 Å². The standard InChI is InChI=1S/C10H13N3O3/c11-7-2-1-3-8-9(7)13-10(16-8)12-6(4-14)5-15/h1-3,6,14-15H,4-5,11H2,(H,12,13). The number of para-hydroxylation sites is 1. The molecule has 0 bridgehead atoms. The molecule has 86 valence electrons. The predicted octanol–water partition coefficient (Wildman–Crippen LogP) is 0.175. The number of nitrogens with one attached hydrogen (secondary N) is 1. The molecule has 0 aliphatic carbocycles. The molecule has 0 amide bonds. The molecule has 0 radical (unpaired) electrons. The third-order valence-corrected chi connectivity index (χ3v) is 2.22. The van der Waals surface area contributed by atoms with Gasteiger partial charge in [0.05, 0.1) is 24.9 Å². The number of hydrogen-bond acceptors (Lipinski definition) is 6. The second-order valence-corrected chi connectivity index (χ2v) is 3.42. The van der Waals surface area contributed by atoms with Crippen molar-refractivity contribution in [3.05, 3.63) is 18.2 Å². The van der Waals surface area contributed by atoms with Crippen molar-refractivity contribution in [2.45, 2.75) is 6.04 Å². The van der Waals surface area contributed by atoms with Crippen molar-refractivity contribution in [1.82, 2.24) is 4.98 Å². The van der Waals surface area contributed by atoms with Crippen LogP contribution in [0.2, 0.25) is 0 Å². The highest BCUT2D eigenvalue weighted by Gasteiger charge is 2.11. The van der Waals surface area contributed by atoms with Gasteiger partial charge >= 0.3 is 0 Å². The zero-order valence-electron chi connectivity index (χ0n) is 8.55. The lowest BCUT2D eigenvalue weighted by Gasteiger charge is -2.10. The van der Waals surface area contributed by atoms with Gasteiger partial charge in [-0.1, -0.05) is 6.07 Å². The summed E-state index contributed by atoms with van der Waals surface area (Å²) in [6, 6.07) is 4.98. The number of oxazole rings is 1. The quantitative estimate of drug-likeness (QED) is 0.551. The van der Waals surface area contributed by atoms with Gasteiger partial charge in [0, 0.05) is 0 Å². The first kappa shape index (κ1) is 10.7. The zero-order valence-corrected chi connectivity index (χ0v) is 8.55. The van der Waals surface area contributed by atoms with Crippen molar-refractivity contribution in [1.29, 1.82) is 0 Å². The Bertz CT molecular complexity index is 479. The number of benzene rings is 1. The Labute approximate surface area is 91.7 Å². The van der Waals surface area contributed by atoms with Crippen LogP contribution in [-0.2, 0) is 0 Å². The van der Waals surface area contributed by atoms with Gasteiger partial charge in [-0.3, -0.25) is 0 Å². The molecular formula is C10H13N3O3. The normalized spacial score (nSPS) is 11.2. The fourth-order valence-electron chi connectivity index (χ4n) is 1.36. The van der Waals surface area contributed by atoms with Gasteiger partial charge in [-0.25, -0.2) is 0 Å². The van der Waals surface area contributed by atoms with E-state index in [1.165, 1.54) is 0 Å². The monoisotopic (exact) mass is 223 g/mol. The van der Waals surface area contributed by atoms with E-state index < -0.39 is 6.04 Å². The van der Waals surface area contributed by atoms with Gasteiger partial charge in [0.1, 0.15) is 5.52 Å². The minimum absolute atomic E-state index is 0.204. The molecule has 1 heterocycles. The molecular weight excluding hydrogens is 210 g/mol. The van der Waals surface area contributed by atoms with E-state index in [0.29, 0.717) is 16.8 Å². The van der Waals surface area contributed by atoms with Gasteiger partial charge in [-0.05, 0) is 12.1 Å². The Kier molecular flexibility index (Phi) is 2.93. The summed E-state index contributed by atoms with van der Waals surface area (Å²) in [6.45, 7) is -0.407. The van der Waals surface area contributed by atoms with Crippen molar-refractivity contribution in [3.8, 4) is 0 Å². The van der Waals surface area contributed by atoms with E-state index in [1.807, 2.05) is 0 Å². The second kappa shape index (κ2) is 4.38. The lowest BCUT2D eigenvalue weighted by Crippen LogP contribution is -2.27. The first-order valence-electron chi connectivity index (χ1n) is 4.88. The van der Waals surface area contributed by atoms with Crippen LogP contribution >= 0.6 is 0 Å². The van der Waals surface area contributed by atoms with Gasteiger partial charge in [-0.15, -0.1) is 0 Å². The van der Waals surface area contributed by atoms with Gasteiger partial charge in [-0.2, -0.15) is 4.98 Å². The molecule has 5 N–H and O–H groups in total. The maximum absolute atomic E-state index is 8.90. The third kappa shape index (κ3) is 1.93. The largest absolute Gasteiger partial charge is 0.423 e. The number of aliphatic hydroxyl groups excluding tert-OH is 2. The van der Waals surface area contributed by atoms with Crippen LogP contribution in [0.25, 0.3) is 11.1 Å². The number of nitrogens with zero attached hydrogens (tertiary/aromatic N) is 1. The Balaban J connectivity index is 2.29. The maximum Gasteiger partial charge on any atom is 0.296 e. The van der Waals surface area contributed by atoms with Crippen LogP contribution in [0.3, 0.4) is 0 Å². The predicted molar refractivity (Wildman–Crippen MR) is 60.0 cm³/mol. The first-order chi connectivity index (χ1) is 7.74. The highest BCUT2D eigenvalue weighted by atomic mass is 16.4. The summed E-state index contributed by atoms with van der Waals surface area (Å²) < 4.78 is 5.36. The Morgan fingerprint density at radius 1 is 1.38 bits per heavy atom. The summed E-state index contributed by atoms with van der Waals surface area (Å²) in [7, 11) is 0.